The zero-order valence-corrected chi connectivity index (χ0v) is 6.92. The molecule has 2 aliphatic carbocycles. The van der Waals surface area contributed by atoms with Gasteiger partial charge in [-0.1, -0.05) is 18.1 Å². The van der Waals surface area contributed by atoms with E-state index in [0.717, 1.165) is 5.92 Å². The summed E-state index contributed by atoms with van der Waals surface area (Å²) in [6.45, 7) is 0.377. The van der Waals surface area contributed by atoms with Crippen LogP contribution in [0.5, 0.6) is 0 Å². The molecule has 2 aliphatic rings. The van der Waals surface area contributed by atoms with Crippen LogP contribution in [0.1, 0.15) is 32.1 Å². The first-order chi connectivity index (χ1) is 5.40. The third kappa shape index (κ3) is 1.34. The van der Waals surface area contributed by atoms with Gasteiger partial charge in [0, 0.05) is 12.5 Å². The molecule has 0 fully saturated rings. The van der Waals surface area contributed by atoms with Gasteiger partial charge in [0.15, 0.2) is 0 Å². The molecule has 2 bridgehead atoms. The van der Waals surface area contributed by atoms with E-state index in [1.807, 2.05) is 0 Å². The number of aliphatic hydroxyl groups is 1. The summed E-state index contributed by atoms with van der Waals surface area (Å²) in [6, 6.07) is 0. The van der Waals surface area contributed by atoms with E-state index in [2.05, 4.69) is 6.08 Å². The summed E-state index contributed by atoms with van der Waals surface area (Å²) >= 11 is 0. The minimum atomic E-state index is 0.377. The van der Waals surface area contributed by atoms with Crippen molar-refractivity contribution in [1.29, 1.82) is 0 Å². The Labute approximate surface area is 68.1 Å². The van der Waals surface area contributed by atoms with E-state index in [-0.39, 0.29) is 0 Å². The van der Waals surface area contributed by atoms with Crippen LogP contribution in [0.15, 0.2) is 11.6 Å². The molecule has 0 aliphatic heterocycles. The lowest BCUT2D eigenvalue weighted by Gasteiger charge is -2.15. The van der Waals surface area contributed by atoms with Crippen LogP contribution in [0, 0.1) is 11.8 Å². The predicted octanol–water partition coefficient (Wildman–Crippen LogP) is 2.12. The number of allylic oxidation sites excluding steroid dienone is 1. The van der Waals surface area contributed by atoms with Crippen molar-refractivity contribution >= 4 is 0 Å². The monoisotopic (exact) mass is 152 g/mol. The molecule has 0 spiro atoms. The third-order valence-corrected chi connectivity index (χ3v) is 3.07. The van der Waals surface area contributed by atoms with Gasteiger partial charge in [0.25, 0.3) is 0 Å². The Balaban J connectivity index is 2.08. The van der Waals surface area contributed by atoms with Gasteiger partial charge in [-0.3, -0.25) is 0 Å². The summed E-state index contributed by atoms with van der Waals surface area (Å²) in [7, 11) is 0. The molecule has 0 aromatic rings. The van der Waals surface area contributed by atoms with Crippen LogP contribution < -0.4 is 0 Å². The summed E-state index contributed by atoms with van der Waals surface area (Å²) < 4.78 is 0. The van der Waals surface area contributed by atoms with E-state index in [4.69, 9.17) is 5.11 Å². The van der Waals surface area contributed by atoms with Crippen molar-refractivity contribution < 1.29 is 5.11 Å². The smallest absolute Gasteiger partial charge is 0.0496 e. The first-order valence-corrected chi connectivity index (χ1v) is 4.71. The van der Waals surface area contributed by atoms with Gasteiger partial charge in [-0.2, -0.15) is 0 Å². The van der Waals surface area contributed by atoms with Crippen LogP contribution in [-0.4, -0.2) is 11.7 Å². The van der Waals surface area contributed by atoms with Gasteiger partial charge in [-0.05, 0) is 31.6 Å². The molecule has 0 heterocycles. The molecular formula is C10H16O. The van der Waals surface area contributed by atoms with Crippen molar-refractivity contribution in [3.8, 4) is 0 Å². The maximum absolute atomic E-state index is 9.06. The molecule has 0 aromatic heterocycles. The Morgan fingerprint density at radius 1 is 1.45 bits per heavy atom. The van der Waals surface area contributed by atoms with Crippen LogP contribution in [0.25, 0.3) is 0 Å². The molecule has 0 amide bonds. The first kappa shape index (κ1) is 7.35. The molecule has 0 radical (unpaired) electrons. The fraction of sp³-hybridized carbons (Fsp3) is 0.800. The average Bonchev–Trinajstić information content (AvgIpc) is 2.22. The second kappa shape index (κ2) is 2.98. The fourth-order valence-electron chi connectivity index (χ4n) is 2.44. The minimum Gasteiger partial charge on any atom is -0.396 e. The van der Waals surface area contributed by atoms with Gasteiger partial charge in [0.05, 0.1) is 0 Å². The van der Waals surface area contributed by atoms with Crippen LogP contribution in [0.3, 0.4) is 0 Å². The van der Waals surface area contributed by atoms with Gasteiger partial charge in [0.2, 0.25) is 0 Å². The highest BCUT2D eigenvalue weighted by Crippen LogP contribution is 2.38. The zero-order chi connectivity index (χ0) is 7.68. The number of rotatable bonds is 1. The Morgan fingerprint density at radius 3 is 3.18 bits per heavy atom. The number of fused-ring (bicyclic) bond motifs is 1. The van der Waals surface area contributed by atoms with E-state index >= 15 is 0 Å². The molecule has 0 aromatic carbocycles. The van der Waals surface area contributed by atoms with Crippen molar-refractivity contribution in [3.05, 3.63) is 11.6 Å². The Bertz CT molecular complexity index is 172. The van der Waals surface area contributed by atoms with Gasteiger partial charge < -0.3 is 5.11 Å². The van der Waals surface area contributed by atoms with Crippen molar-refractivity contribution in [2.24, 2.45) is 11.8 Å². The highest BCUT2D eigenvalue weighted by molar-refractivity contribution is 5.16. The largest absolute Gasteiger partial charge is 0.396 e. The fourth-order valence-corrected chi connectivity index (χ4v) is 2.44. The predicted molar refractivity (Wildman–Crippen MR) is 45.2 cm³/mol. The normalized spacial score (nSPS) is 36.6. The van der Waals surface area contributed by atoms with Crippen LogP contribution in [0.4, 0.5) is 0 Å². The summed E-state index contributed by atoms with van der Waals surface area (Å²) in [5, 5.41) is 9.06. The molecule has 11 heavy (non-hydrogen) atoms. The van der Waals surface area contributed by atoms with Crippen LogP contribution >= 0.6 is 0 Å². The topological polar surface area (TPSA) is 20.2 Å². The summed E-state index contributed by atoms with van der Waals surface area (Å²) in [6.07, 6.45) is 9.00. The first-order valence-electron chi connectivity index (χ1n) is 4.71. The van der Waals surface area contributed by atoms with Crippen molar-refractivity contribution in [3.63, 3.8) is 0 Å². The van der Waals surface area contributed by atoms with Crippen LogP contribution in [-0.2, 0) is 0 Å². The molecule has 1 nitrogen and oxygen atoms in total. The van der Waals surface area contributed by atoms with Crippen molar-refractivity contribution in [1.82, 2.24) is 0 Å². The SMILES string of the molecule is OCC1CC2C=C1CCCC2. The van der Waals surface area contributed by atoms with Gasteiger partial charge >= 0.3 is 0 Å². The Kier molecular flexibility index (Phi) is 1.99. The second-order valence-electron chi connectivity index (χ2n) is 3.86. The summed E-state index contributed by atoms with van der Waals surface area (Å²) in [4.78, 5) is 0. The van der Waals surface area contributed by atoms with E-state index in [1.54, 1.807) is 5.57 Å². The minimum absolute atomic E-state index is 0.377. The highest BCUT2D eigenvalue weighted by Gasteiger charge is 2.26. The number of aliphatic hydroxyl groups excluding tert-OH is 1. The molecule has 0 saturated heterocycles. The average molecular weight is 152 g/mol. The third-order valence-electron chi connectivity index (χ3n) is 3.07. The van der Waals surface area contributed by atoms with Gasteiger partial charge in [0.1, 0.15) is 0 Å². The quantitative estimate of drug-likeness (QED) is 0.570. The molecular weight excluding hydrogens is 136 g/mol. The molecule has 0 saturated carbocycles. The second-order valence-corrected chi connectivity index (χ2v) is 3.86. The van der Waals surface area contributed by atoms with Crippen LogP contribution in [0.2, 0.25) is 0 Å². The van der Waals surface area contributed by atoms with E-state index in [0.29, 0.717) is 12.5 Å². The van der Waals surface area contributed by atoms with Gasteiger partial charge in [-0.25, -0.2) is 0 Å². The Morgan fingerprint density at radius 2 is 2.36 bits per heavy atom. The van der Waals surface area contributed by atoms with E-state index in [9.17, 15) is 0 Å². The molecule has 2 atom stereocenters. The molecule has 1 heteroatoms. The highest BCUT2D eigenvalue weighted by atomic mass is 16.3. The summed E-state index contributed by atoms with van der Waals surface area (Å²) in [5.41, 5.74) is 1.55. The molecule has 1 N–H and O–H groups in total. The molecule has 2 rings (SSSR count). The van der Waals surface area contributed by atoms with Crippen molar-refractivity contribution in [2.45, 2.75) is 32.1 Å². The zero-order valence-electron chi connectivity index (χ0n) is 6.92. The van der Waals surface area contributed by atoms with Crippen molar-refractivity contribution in [2.75, 3.05) is 6.61 Å². The molecule has 62 valence electrons. The maximum Gasteiger partial charge on any atom is 0.0496 e. The van der Waals surface area contributed by atoms with Gasteiger partial charge in [-0.15, -0.1) is 0 Å². The lowest BCUT2D eigenvalue weighted by atomic mass is 9.92. The summed E-state index contributed by atoms with van der Waals surface area (Å²) in [5.74, 6) is 1.34. The number of hydrogen-bond acceptors (Lipinski definition) is 1. The number of hydrogen-bond donors (Lipinski definition) is 1. The lowest BCUT2D eigenvalue weighted by Crippen LogP contribution is -2.08. The van der Waals surface area contributed by atoms with E-state index in [1.165, 1.54) is 32.1 Å². The Hall–Kier alpha value is -0.300. The molecule has 2 unspecified atom stereocenters. The van der Waals surface area contributed by atoms with E-state index < -0.39 is 0 Å². The maximum atomic E-state index is 9.06. The standard InChI is InChI=1S/C10H16O/c11-7-10-6-8-3-1-2-4-9(10)5-8/h5,8,10-11H,1-4,6-7H2. The lowest BCUT2D eigenvalue weighted by molar-refractivity contribution is 0.231.